The molecule has 2 aromatic rings. The zero-order valence-corrected chi connectivity index (χ0v) is 19.2. The number of anilines is 2. The van der Waals surface area contributed by atoms with Gasteiger partial charge in [-0.3, -0.25) is 14.5 Å². The van der Waals surface area contributed by atoms with Crippen LogP contribution in [0.1, 0.15) is 37.8 Å². The number of rotatable bonds is 1. The van der Waals surface area contributed by atoms with Crippen molar-refractivity contribution in [1.82, 2.24) is 4.98 Å². The summed E-state index contributed by atoms with van der Waals surface area (Å²) in [7, 11) is 0. The van der Waals surface area contributed by atoms with Gasteiger partial charge in [0.1, 0.15) is 23.1 Å². The molecule has 0 fully saturated rings. The second-order valence-corrected chi connectivity index (χ2v) is 9.99. The minimum atomic E-state index is -1.59. The highest BCUT2D eigenvalue weighted by molar-refractivity contribution is 6.30. The highest BCUT2D eigenvalue weighted by Gasteiger charge is 2.61. The van der Waals surface area contributed by atoms with Crippen LogP contribution in [0.25, 0.3) is 0 Å². The Bertz CT molecular complexity index is 1350. The number of aromatic nitrogens is 1. The molecular formula is C25H22ClN5O2. The van der Waals surface area contributed by atoms with Gasteiger partial charge in [-0.25, -0.2) is 4.98 Å². The van der Waals surface area contributed by atoms with E-state index >= 15 is 0 Å². The second kappa shape index (κ2) is 6.93. The van der Waals surface area contributed by atoms with Gasteiger partial charge in [-0.05, 0) is 37.0 Å². The minimum absolute atomic E-state index is 0.0212. The molecule has 0 radical (unpaired) electrons. The van der Waals surface area contributed by atoms with Gasteiger partial charge in [0.25, 0.3) is 0 Å². The molecule has 0 bridgehead atoms. The monoisotopic (exact) mass is 459 g/mol. The predicted octanol–water partition coefficient (Wildman–Crippen LogP) is 4.09. The number of carbonyl (C=O) groups is 2. The molecule has 0 saturated carbocycles. The molecule has 7 nitrogen and oxygen atoms in total. The Labute approximate surface area is 196 Å². The summed E-state index contributed by atoms with van der Waals surface area (Å²) in [6.07, 6.45) is 2.22. The van der Waals surface area contributed by atoms with Crippen LogP contribution in [0.15, 0.2) is 59.2 Å². The fraction of sp³-hybridized carbons (Fsp3) is 0.280. The van der Waals surface area contributed by atoms with Gasteiger partial charge in [0, 0.05) is 35.1 Å². The predicted molar refractivity (Wildman–Crippen MR) is 125 cm³/mol. The highest BCUT2D eigenvalue weighted by atomic mass is 35.5. The zero-order valence-electron chi connectivity index (χ0n) is 18.5. The van der Waals surface area contributed by atoms with Crippen LogP contribution in [-0.4, -0.2) is 16.7 Å². The summed E-state index contributed by atoms with van der Waals surface area (Å²) < 4.78 is 0. The fourth-order valence-electron chi connectivity index (χ4n) is 5.29. The van der Waals surface area contributed by atoms with Crippen LogP contribution in [0.4, 0.5) is 11.5 Å². The van der Waals surface area contributed by atoms with E-state index in [4.69, 9.17) is 17.3 Å². The standard InChI is InChI=1S/C25H22ClN5O2/c1-13-4-6-17-15(8-13)25(23(33)30-17)16(11-27)22(28)31(20-7-5-14(26)12-29-20)18-9-24(2,3)10-19(32)21(18)25/h4-8,12H,9-10,28H2,1-3H3,(H,30,33). The van der Waals surface area contributed by atoms with Crippen molar-refractivity contribution in [3.8, 4) is 6.07 Å². The average molecular weight is 460 g/mol. The van der Waals surface area contributed by atoms with Gasteiger partial charge < -0.3 is 11.1 Å². The lowest BCUT2D eigenvalue weighted by atomic mass is 9.60. The summed E-state index contributed by atoms with van der Waals surface area (Å²) in [5.41, 5.74) is 7.66. The van der Waals surface area contributed by atoms with Crippen LogP contribution < -0.4 is 16.0 Å². The first-order valence-corrected chi connectivity index (χ1v) is 11.0. The van der Waals surface area contributed by atoms with E-state index in [1.54, 1.807) is 23.1 Å². The molecule has 1 unspecified atom stereocenters. The zero-order chi connectivity index (χ0) is 23.7. The van der Waals surface area contributed by atoms with E-state index in [-0.39, 0.29) is 29.0 Å². The Morgan fingerprint density at radius 2 is 1.97 bits per heavy atom. The van der Waals surface area contributed by atoms with E-state index in [1.165, 1.54) is 6.20 Å². The lowest BCUT2D eigenvalue weighted by Gasteiger charge is -2.46. The van der Waals surface area contributed by atoms with Crippen LogP contribution in [0.3, 0.4) is 0 Å². The number of halogens is 1. The van der Waals surface area contributed by atoms with E-state index in [0.717, 1.165) is 5.56 Å². The number of aryl methyl sites for hydroxylation is 1. The number of hydrogen-bond donors (Lipinski definition) is 2. The largest absolute Gasteiger partial charge is 0.384 e. The Balaban J connectivity index is 1.90. The van der Waals surface area contributed by atoms with E-state index in [2.05, 4.69) is 16.4 Å². The molecule has 3 aliphatic rings. The molecule has 1 aliphatic carbocycles. The number of hydrogen-bond acceptors (Lipinski definition) is 6. The topological polar surface area (TPSA) is 112 Å². The number of nitriles is 1. The maximum Gasteiger partial charge on any atom is 0.245 e. The van der Waals surface area contributed by atoms with Crippen LogP contribution in [0.5, 0.6) is 0 Å². The van der Waals surface area contributed by atoms with Crippen LogP contribution in [0, 0.1) is 23.7 Å². The number of nitrogens with one attached hydrogen (secondary N) is 1. The van der Waals surface area contributed by atoms with E-state index in [0.29, 0.717) is 39.8 Å². The minimum Gasteiger partial charge on any atom is -0.384 e. The van der Waals surface area contributed by atoms with E-state index in [9.17, 15) is 14.9 Å². The number of benzene rings is 1. The van der Waals surface area contributed by atoms with Gasteiger partial charge in [0.2, 0.25) is 5.91 Å². The van der Waals surface area contributed by atoms with Crippen molar-refractivity contribution in [1.29, 1.82) is 5.26 Å². The van der Waals surface area contributed by atoms with Gasteiger partial charge in [-0.2, -0.15) is 5.26 Å². The van der Waals surface area contributed by atoms with Crippen LogP contribution >= 0.6 is 11.6 Å². The number of Topliss-reactive ketones (excluding diaryl/α,β-unsaturated/α-hetero) is 1. The Morgan fingerprint density at radius 1 is 1.21 bits per heavy atom. The molecule has 1 amide bonds. The molecule has 1 aromatic carbocycles. The molecule has 2 aliphatic heterocycles. The number of nitrogens with zero attached hydrogens (tertiary/aromatic N) is 3. The van der Waals surface area contributed by atoms with Crippen molar-refractivity contribution in [2.45, 2.75) is 39.0 Å². The van der Waals surface area contributed by atoms with Gasteiger partial charge in [-0.15, -0.1) is 0 Å². The lowest BCUT2D eigenvalue weighted by Crippen LogP contribution is -2.52. The fourth-order valence-corrected chi connectivity index (χ4v) is 5.41. The van der Waals surface area contributed by atoms with Crippen molar-refractivity contribution >= 4 is 34.8 Å². The number of pyridine rings is 1. The summed E-state index contributed by atoms with van der Waals surface area (Å²) in [5, 5.41) is 13.7. The van der Waals surface area contributed by atoms with Gasteiger partial charge >= 0.3 is 0 Å². The summed E-state index contributed by atoms with van der Waals surface area (Å²) in [6.45, 7) is 5.91. The quantitative estimate of drug-likeness (QED) is 0.664. The molecule has 5 rings (SSSR count). The summed E-state index contributed by atoms with van der Waals surface area (Å²) in [6, 6.07) is 11.1. The number of amides is 1. The molecular weight excluding hydrogens is 438 g/mol. The van der Waals surface area contributed by atoms with Gasteiger partial charge in [-0.1, -0.05) is 43.1 Å². The number of fused-ring (bicyclic) bond motifs is 3. The van der Waals surface area contributed by atoms with E-state index in [1.807, 2.05) is 32.9 Å². The Morgan fingerprint density at radius 3 is 2.64 bits per heavy atom. The molecule has 8 heteroatoms. The molecule has 1 spiro atoms. The van der Waals surface area contributed by atoms with Crippen molar-refractivity contribution in [2.24, 2.45) is 11.1 Å². The normalized spacial score (nSPS) is 23.4. The van der Waals surface area contributed by atoms with Crippen LogP contribution in [-0.2, 0) is 15.0 Å². The molecule has 3 N–H and O–H groups in total. The smallest absolute Gasteiger partial charge is 0.245 e. The van der Waals surface area contributed by atoms with Gasteiger partial charge in [0.05, 0.1) is 10.6 Å². The second-order valence-electron chi connectivity index (χ2n) is 9.56. The molecule has 33 heavy (non-hydrogen) atoms. The number of carbonyl (C=O) groups excluding carboxylic acids is 2. The first-order valence-electron chi connectivity index (χ1n) is 10.6. The lowest BCUT2D eigenvalue weighted by molar-refractivity contribution is -0.123. The van der Waals surface area contributed by atoms with Gasteiger partial charge in [0.15, 0.2) is 5.78 Å². The number of nitrogens with two attached hydrogens (primary N) is 1. The van der Waals surface area contributed by atoms with Crippen molar-refractivity contribution in [2.75, 3.05) is 10.2 Å². The SMILES string of the molecule is Cc1ccc2c(c1)C1(C(=O)N2)C(C#N)=C(N)N(c2ccc(Cl)cn2)C2=C1C(=O)CC(C)(C)C2. The van der Waals surface area contributed by atoms with Crippen molar-refractivity contribution < 1.29 is 9.59 Å². The van der Waals surface area contributed by atoms with Crippen LogP contribution in [0.2, 0.25) is 5.02 Å². The Kier molecular flexibility index (Phi) is 4.46. The summed E-state index contributed by atoms with van der Waals surface area (Å²) in [5.74, 6) is -0.0988. The van der Waals surface area contributed by atoms with Crippen molar-refractivity contribution in [3.63, 3.8) is 0 Å². The molecule has 166 valence electrons. The average Bonchev–Trinajstić information content (AvgIpc) is 3.00. The molecule has 0 saturated heterocycles. The number of ketones is 1. The first kappa shape index (κ1) is 21.2. The summed E-state index contributed by atoms with van der Waals surface area (Å²) >= 11 is 6.04. The maximum absolute atomic E-state index is 13.8. The third-order valence-electron chi connectivity index (χ3n) is 6.59. The third kappa shape index (κ3) is 2.84. The third-order valence-corrected chi connectivity index (χ3v) is 6.81. The van der Waals surface area contributed by atoms with E-state index < -0.39 is 11.3 Å². The first-order chi connectivity index (χ1) is 15.6. The molecule has 3 heterocycles. The number of allylic oxidation sites excluding steroid dienone is 1. The highest BCUT2D eigenvalue weighted by Crippen LogP contribution is 2.57. The molecule has 1 aromatic heterocycles. The van der Waals surface area contributed by atoms with Crippen molar-refractivity contribution in [3.05, 3.63) is 75.3 Å². The summed E-state index contributed by atoms with van der Waals surface area (Å²) in [4.78, 5) is 33.5. The Hall–Kier alpha value is -3.63. The molecule has 1 atom stereocenters. The maximum atomic E-state index is 13.8.